The van der Waals surface area contributed by atoms with Gasteiger partial charge in [-0.25, -0.2) is 4.68 Å². The van der Waals surface area contributed by atoms with Gasteiger partial charge in [0.25, 0.3) is 0 Å². The minimum Gasteiger partial charge on any atom is -0.358 e. The third-order valence-corrected chi connectivity index (χ3v) is 4.50. The predicted molar refractivity (Wildman–Crippen MR) is 77.1 cm³/mol. The van der Waals surface area contributed by atoms with E-state index in [9.17, 15) is 4.79 Å². The van der Waals surface area contributed by atoms with Crippen molar-refractivity contribution >= 4 is 41.2 Å². The Bertz CT molecular complexity index is 591. The summed E-state index contributed by atoms with van der Waals surface area (Å²) >= 11 is 8.07. The standard InChI is InChI=1S/C11H11N3OS3/c1-12-9(15)7-17-10-13-14(11(16)18-10)8-5-3-2-4-6-8/h2-6H,7H2,1H3,(H,12,15). The van der Waals surface area contributed by atoms with Crippen LogP contribution in [-0.2, 0) is 4.79 Å². The molecule has 7 heteroatoms. The first kappa shape index (κ1) is 13.3. The van der Waals surface area contributed by atoms with Crippen molar-refractivity contribution in [1.29, 1.82) is 0 Å². The molecule has 2 aromatic rings. The van der Waals surface area contributed by atoms with Crippen molar-refractivity contribution in [1.82, 2.24) is 15.1 Å². The molecule has 1 aromatic heterocycles. The Morgan fingerprint density at radius 1 is 1.50 bits per heavy atom. The Morgan fingerprint density at radius 3 is 2.89 bits per heavy atom. The molecule has 1 heterocycles. The van der Waals surface area contributed by atoms with Gasteiger partial charge >= 0.3 is 0 Å². The van der Waals surface area contributed by atoms with Crippen LogP contribution in [0.2, 0.25) is 0 Å². The molecule has 94 valence electrons. The molecular weight excluding hydrogens is 286 g/mol. The number of hydrogen-bond acceptors (Lipinski definition) is 5. The van der Waals surface area contributed by atoms with Gasteiger partial charge in [0.15, 0.2) is 8.29 Å². The highest BCUT2D eigenvalue weighted by molar-refractivity contribution is 8.01. The normalized spacial score (nSPS) is 10.3. The van der Waals surface area contributed by atoms with Gasteiger partial charge in [0, 0.05) is 7.05 Å². The predicted octanol–water partition coefficient (Wildman–Crippen LogP) is 2.50. The third kappa shape index (κ3) is 3.18. The Morgan fingerprint density at radius 2 is 2.22 bits per heavy atom. The summed E-state index contributed by atoms with van der Waals surface area (Å²) in [6.45, 7) is 0. The lowest BCUT2D eigenvalue weighted by Gasteiger charge is -1.99. The van der Waals surface area contributed by atoms with Crippen LogP contribution in [-0.4, -0.2) is 28.5 Å². The summed E-state index contributed by atoms with van der Waals surface area (Å²) in [6.07, 6.45) is 0. The summed E-state index contributed by atoms with van der Waals surface area (Å²) in [5.74, 6) is 0.334. The fourth-order valence-electron chi connectivity index (χ4n) is 1.25. The maximum Gasteiger partial charge on any atom is 0.230 e. The van der Waals surface area contributed by atoms with Crippen molar-refractivity contribution in [2.75, 3.05) is 12.8 Å². The van der Waals surface area contributed by atoms with Crippen molar-refractivity contribution in [2.24, 2.45) is 0 Å². The van der Waals surface area contributed by atoms with Crippen LogP contribution in [0, 0.1) is 3.95 Å². The number of rotatable bonds is 4. The summed E-state index contributed by atoms with van der Waals surface area (Å²) in [5, 5.41) is 6.97. The average Bonchev–Trinajstić information content (AvgIpc) is 2.78. The zero-order chi connectivity index (χ0) is 13.0. The summed E-state index contributed by atoms with van der Waals surface area (Å²) in [7, 11) is 1.62. The number of para-hydroxylation sites is 1. The molecule has 1 aromatic carbocycles. The van der Waals surface area contributed by atoms with Gasteiger partial charge in [0.2, 0.25) is 5.91 Å². The Balaban J connectivity index is 2.18. The van der Waals surface area contributed by atoms with Crippen molar-refractivity contribution in [3.8, 4) is 5.69 Å². The number of amides is 1. The fraction of sp³-hybridized carbons (Fsp3) is 0.182. The number of nitrogens with zero attached hydrogens (tertiary/aromatic N) is 2. The molecule has 1 amide bonds. The van der Waals surface area contributed by atoms with E-state index in [1.807, 2.05) is 30.3 Å². The number of benzene rings is 1. The Kier molecular flexibility index (Phi) is 4.51. The molecule has 0 aliphatic rings. The minimum atomic E-state index is -0.0209. The SMILES string of the molecule is CNC(=O)CSc1nn(-c2ccccc2)c(=S)s1. The quantitative estimate of drug-likeness (QED) is 0.696. The second-order valence-corrected chi connectivity index (χ2v) is 6.19. The van der Waals surface area contributed by atoms with Crippen molar-refractivity contribution < 1.29 is 4.79 Å². The van der Waals surface area contributed by atoms with E-state index in [0.29, 0.717) is 9.71 Å². The highest BCUT2D eigenvalue weighted by Crippen LogP contribution is 2.23. The Labute approximate surface area is 118 Å². The number of carbonyl (C=O) groups is 1. The van der Waals surface area contributed by atoms with E-state index in [-0.39, 0.29) is 5.91 Å². The van der Waals surface area contributed by atoms with E-state index >= 15 is 0 Å². The molecule has 0 aliphatic heterocycles. The monoisotopic (exact) mass is 297 g/mol. The smallest absolute Gasteiger partial charge is 0.230 e. The maximum absolute atomic E-state index is 11.2. The van der Waals surface area contributed by atoms with Crippen LogP contribution in [0.5, 0.6) is 0 Å². The van der Waals surface area contributed by atoms with Gasteiger partial charge in [-0.2, -0.15) is 0 Å². The number of aromatic nitrogens is 2. The van der Waals surface area contributed by atoms with Gasteiger partial charge in [-0.3, -0.25) is 4.79 Å². The van der Waals surface area contributed by atoms with Gasteiger partial charge in [-0.15, -0.1) is 5.10 Å². The largest absolute Gasteiger partial charge is 0.358 e. The van der Waals surface area contributed by atoms with Gasteiger partial charge in [-0.1, -0.05) is 41.3 Å². The van der Waals surface area contributed by atoms with Crippen molar-refractivity contribution in [2.45, 2.75) is 4.34 Å². The molecule has 0 spiro atoms. The second-order valence-electron chi connectivity index (χ2n) is 3.34. The van der Waals surface area contributed by atoms with E-state index < -0.39 is 0 Å². The topological polar surface area (TPSA) is 46.9 Å². The molecule has 0 unspecified atom stereocenters. The molecule has 0 atom stereocenters. The maximum atomic E-state index is 11.2. The number of nitrogens with one attached hydrogen (secondary N) is 1. The lowest BCUT2D eigenvalue weighted by atomic mass is 10.3. The van der Waals surface area contributed by atoms with Crippen LogP contribution < -0.4 is 5.32 Å². The van der Waals surface area contributed by atoms with Gasteiger partial charge in [-0.05, 0) is 24.4 Å². The number of hydrogen-bond donors (Lipinski definition) is 1. The zero-order valence-corrected chi connectivity index (χ0v) is 12.1. The third-order valence-electron chi connectivity index (χ3n) is 2.14. The summed E-state index contributed by atoms with van der Waals surface area (Å²) in [5.41, 5.74) is 0.936. The van der Waals surface area contributed by atoms with Crippen LogP contribution in [0.3, 0.4) is 0 Å². The average molecular weight is 297 g/mol. The van der Waals surface area contributed by atoms with E-state index in [1.165, 1.54) is 23.1 Å². The van der Waals surface area contributed by atoms with Crippen LogP contribution in [0.15, 0.2) is 34.7 Å². The molecule has 0 bridgehead atoms. The molecule has 2 rings (SSSR count). The fourth-order valence-corrected chi connectivity index (χ4v) is 3.48. The highest BCUT2D eigenvalue weighted by atomic mass is 32.2. The van der Waals surface area contributed by atoms with Gasteiger partial charge < -0.3 is 5.32 Å². The number of thioether (sulfide) groups is 1. The summed E-state index contributed by atoms with van der Waals surface area (Å²) in [6, 6.07) is 9.72. The lowest BCUT2D eigenvalue weighted by molar-refractivity contribution is -0.118. The molecule has 0 aliphatic carbocycles. The molecule has 0 radical (unpaired) electrons. The zero-order valence-electron chi connectivity index (χ0n) is 9.62. The first-order valence-electron chi connectivity index (χ1n) is 5.19. The van der Waals surface area contributed by atoms with Gasteiger partial charge in [0.1, 0.15) is 0 Å². The van der Waals surface area contributed by atoms with Crippen molar-refractivity contribution in [3.05, 3.63) is 34.3 Å². The van der Waals surface area contributed by atoms with Crippen LogP contribution in [0.25, 0.3) is 5.69 Å². The molecule has 18 heavy (non-hydrogen) atoms. The van der Waals surface area contributed by atoms with E-state index in [0.717, 1.165) is 10.0 Å². The molecule has 0 saturated heterocycles. The number of carbonyl (C=O) groups excluding carboxylic acids is 1. The minimum absolute atomic E-state index is 0.0209. The van der Waals surface area contributed by atoms with Crippen molar-refractivity contribution in [3.63, 3.8) is 0 Å². The van der Waals surface area contributed by atoms with Crippen LogP contribution >= 0.6 is 35.3 Å². The first-order valence-corrected chi connectivity index (χ1v) is 7.40. The van der Waals surface area contributed by atoms with Crippen LogP contribution in [0.1, 0.15) is 0 Å². The summed E-state index contributed by atoms with van der Waals surface area (Å²) in [4.78, 5) is 11.2. The van der Waals surface area contributed by atoms with Gasteiger partial charge in [0.05, 0.1) is 11.4 Å². The molecule has 4 nitrogen and oxygen atoms in total. The highest BCUT2D eigenvalue weighted by Gasteiger charge is 2.07. The van der Waals surface area contributed by atoms with E-state index in [4.69, 9.17) is 12.2 Å². The van der Waals surface area contributed by atoms with E-state index in [2.05, 4.69) is 10.4 Å². The molecule has 0 fully saturated rings. The molecule has 0 saturated carbocycles. The lowest BCUT2D eigenvalue weighted by Crippen LogP contribution is -2.19. The van der Waals surface area contributed by atoms with E-state index in [1.54, 1.807) is 11.7 Å². The van der Waals surface area contributed by atoms with Crippen LogP contribution in [0.4, 0.5) is 0 Å². The summed E-state index contributed by atoms with van der Waals surface area (Å²) < 4.78 is 3.19. The second kappa shape index (κ2) is 6.12. The Hall–Kier alpha value is -1.18. The molecule has 1 N–H and O–H groups in total. The first-order chi connectivity index (χ1) is 8.70. The molecular formula is C11H11N3OS3.